The van der Waals surface area contributed by atoms with E-state index in [1.165, 1.54) is 13.3 Å². The third-order valence-corrected chi connectivity index (χ3v) is 4.40. The van der Waals surface area contributed by atoms with Gasteiger partial charge in [0.05, 0.1) is 12.7 Å². The van der Waals surface area contributed by atoms with Gasteiger partial charge in [0, 0.05) is 29.5 Å². The number of carbonyl (C=O) groups excluding carboxylic acids is 2. The number of nitrogens with zero attached hydrogens (tertiary/aromatic N) is 1. The highest BCUT2D eigenvalue weighted by atomic mass is 35.5. The molecule has 1 heterocycles. The Labute approximate surface area is 179 Å². The van der Waals surface area contributed by atoms with Crippen LogP contribution >= 0.6 is 11.6 Å². The molecule has 0 spiro atoms. The number of halogens is 1. The smallest absolute Gasteiger partial charge is 0.411 e. The molecule has 0 aliphatic rings. The van der Waals surface area contributed by atoms with E-state index in [0.717, 1.165) is 11.1 Å². The predicted octanol–water partition coefficient (Wildman–Crippen LogP) is 4.42. The van der Waals surface area contributed by atoms with Gasteiger partial charge in [-0.2, -0.15) is 0 Å². The first kappa shape index (κ1) is 21.1. The number of ether oxygens (including phenoxy) is 2. The van der Waals surface area contributed by atoms with E-state index < -0.39 is 6.09 Å². The molecular weight excluding hydrogens is 406 g/mol. The van der Waals surface area contributed by atoms with Crippen LogP contribution in [0.15, 0.2) is 66.9 Å². The zero-order chi connectivity index (χ0) is 21.3. The van der Waals surface area contributed by atoms with Crippen molar-refractivity contribution in [2.45, 2.75) is 13.2 Å². The second kappa shape index (κ2) is 10.3. The normalized spacial score (nSPS) is 10.2. The monoisotopic (exact) mass is 425 g/mol. The SMILES string of the molecule is COc1ccc(C(=O)NCc2ccc(NC(=O)OCc3ccc(Cl)cc3)cc2)cn1. The Bertz CT molecular complexity index is 990. The number of rotatable bonds is 7. The number of anilines is 1. The molecule has 0 unspecified atom stereocenters. The van der Waals surface area contributed by atoms with Crippen LogP contribution in [0.2, 0.25) is 5.02 Å². The zero-order valence-electron chi connectivity index (χ0n) is 16.2. The first-order valence-corrected chi connectivity index (χ1v) is 9.46. The highest BCUT2D eigenvalue weighted by molar-refractivity contribution is 6.30. The van der Waals surface area contributed by atoms with Crippen molar-refractivity contribution in [3.05, 3.63) is 88.6 Å². The number of hydrogen-bond donors (Lipinski definition) is 2. The van der Waals surface area contributed by atoms with E-state index in [9.17, 15) is 9.59 Å². The minimum atomic E-state index is -0.557. The molecule has 2 aromatic carbocycles. The molecule has 0 aliphatic carbocycles. The van der Waals surface area contributed by atoms with E-state index in [1.807, 2.05) is 0 Å². The molecule has 8 heteroatoms. The lowest BCUT2D eigenvalue weighted by Gasteiger charge is -2.09. The van der Waals surface area contributed by atoms with Crippen LogP contribution in [0.4, 0.5) is 10.5 Å². The summed E-state index contributed by atoms with van der Waals surface area (Å²) in [6, 6.07) is 17.4. The van der Waals surface area contributed by atoms with Crippen LogP contribution in [-0.2, 0) is 17.9 Å². The summed E-state index contributed by atoms with van der Waals surface area (Å²) in [5.41, 5.74) is 2.75. The van der Waals surface area contributed by atoms with E-state index >= 15 is 0 Å². The van der Waals surface area contributed by atoms with Crippen molar-refractivity contribution >= 4 is 29.3 Å². The maximum atomic E-state index is 12.2. The molecule has 154 valence electrons. The lowest BCUT2D eigenvalue weighted by molar-refractivity contribution is 0.0950. The lowest BCUT2D eigenvalue weighted by Crippen LogP contribution is -2.22. The number of pyridine rings is 1. The van der Waals surface area contributed by atoms with Crippen LogP contribution in [0, 0.1) is 0 Å². The number of carbonyl (C=O) groups is 2. The van der Waals surface area contributed by atoms with Gasteiger partial charge in [0.25, 0.3) is 5.91 Å². The van der Waals surface area contributed by atoms with Crippen LogP contribution in [0.1, 0.15) is 21.5 Å². The maximum Gasteiger partial charge on any atom is 0.411 e. The highest BCUT2D eigenvalue weighted by Crippen LogP contribution is 2.13. The number of amides is 2. The molecule has 2 amide bonds. The van der Waals surface area contributed by atoms with Crippen molar-refractivity contribution < 1.29 is 19.1 Å². The molecule has 2 N–H and O–H groups in total. The molecular formula is C22H20ClN3O4. The molecule has 0 fully saturated rings. The molecule has 3 rings (SSSR count). The van der Waals surface area contributed by atoms with Crippen LogP contribution in [0.5, 0.6) is 5.88 Å². The molecule has 0 bridgehead atoms. The summed E-state index contributed by atoms with van der Waals surface area (Å²) in [5, 5.41) is 6.10. The molecule has 0 saturated carbocycles. The fraction of sp³-hybridized carbons (Fsp3) is 0.136. The van der Waals surface area contributed by atoms with Crippen molar-refractivity contribution in [2.24, 2.45) is 0 Å². The molecule has 0 saturated heterocycles. The van der Waals surface area contributed by atoms with Gasteiger partial charge in [0.15, 0.2) is 0 Å². The standard InChI is InChI=1S/C22H20ClN3O4/c1-29-20-11-6-17(13-24-20)21(27)25-12-15-4-9-19(10-5-15)26-22(28)30-14-16-2-7-18(23)8-3-16/h2-11,13H,12,14H2,1H3,(H,25,27)(H,26,28). The van der Waals surface area contributed by atoms with Crippen molar-refractivity contribution in [3.63, 3.8) is 0 Å². The van der Waals surface area contributed by atoms with Crippen LogP contribution in [0.3, 0.4) is 0 Å². The fourth-order valence-corrected chi connectivity index (χ4v) is 2.64. The minimum Gasteiger partial charge on any atom is -0.481 e. The molecule has 7 nitrogen and oxygen atoms in total. The summed E-state index contributed by atoms with van der Waals surface area (Å²) in [6.07, 6.45) is 0.898. The summed E-state index contributed by atoms with van der Waals surface area (Å²) in [5.74, 6) is 0.208. The van der Waals surface area contributed by atoms with Crippen LogP contribution < -0.4 is 15.4 Å². The topological polar surface area (TPSA) is 89.6 Å². The van der Waals surface area contributed by atoms with Gasteiger partial charge in [-0.15, -0.1) is 0 Å². The average Bonchev–Trinajstić information content (AvgIpc) is 2.78. The quantitative estimate of drug-likeness (QED) is 0.584. The third kappa shape index (κ3) is 6.22. The van der Waals surface area contributed by atoms with Crippen molar-refractivity contribution in [3.8, 4) is 5.88 Å². The Balaban J connectivity index is 1.45. The van der Waals surface area contributed by atoms with Gasteiger partial charge in [0.1, 0.15) is 6.61 Å². The molecule has 30 heavy (non-hydrogen) atoms. The number of hydrogen-bond acceptors (Lipinski definition) is 5. The van der Waals surface area contributed by atoms with Gasteiger partial charge >= 0.3 is 6.09 Å². The second-order valence-electron chi connectivity index (χ2n) is 6.30. The molecule has 0 atom stereocenters. The second-order valence-corrected chi connectivity index (χ2v) is 6.73. The van der Waals surface area contributed by atoms with E-state index in [4.69, 9.17) is 21.1 Å². The van der Waals surface area contributed by atoms with Gasteiger partial charge in [-0.3, -0.25) is 10.1 Å². The average molecular weight is 426 g/mol. The Hall–Kier alpha value is -3.58. The molecule has 0 radical (unpaired) electrons. The molecule has 3 aromatic rings. The maximum absolute atomic E-state index is 12.2. The highest BCUT2D eigenvalue weighted by Gasteiger charge is 2.07. The number of aromatic nitrogens is 1. The van der Waals surface area contributed by atoms with Crippen molar-refractivity contribution in [2.75, 3.05) is 12.4 Å². The fourth-order valence-electron chi connectivity index (χ4n) is 2.51. The summed E-state index contributed by atoms with van der Waals surface area (Å²) in [6.45, 7) is 0.486. The largest absolute Gasteiger partial charge is 0.481 e. The van der Waals surface area contributed by atoms with Gasteiger partial charge < -0.3 is 14.8 Å². The Morgan fingerprint density at radius 3 is 2.30 bits per heavy atom. The van der Waals surface area contributed by atoms with E-state index in [1.54, 1.807) is 60.7 Å². The summed E-state index contributed by atoms with van der Waals surface area (Å²) >= 11 is 5.83. The van der Waals surface area contributed by atoms with Crippen LogP contribution in [0.25, 0.3) is 0 Å². The molecule has 1 aromatic heterocycles. The first-order chi connectivity index (χ1) is 14.5. The molecule has 0 aliphatic heterocycles. The minimum absolute atomic E-state index is 0.146. The summed E-state index contributed by atoms with van der Waals surface area (Å²) < 4.78 is 10.2. The third-order valence-electron chi connectivity index (χ3n) is 4.14. The van der Waals surface area contributed by atoms with E-state index in [2.05, 4.69) is 15.6 Å². The number of benzene rings is 2. The predicted molar refractivity (Wildman–Crippen MR) is 114 cm³/mol. The van der Waals surface area contributed by atoms with Crippen molar-refractivity contribution in [1.29, 1.82) is 0 Å². The zero-order valence-corrected chi connectivity index (χ0v) is 17.0. The lowest BCUT2D eigenvalue weighted by atomic mass is 10.2. The summed E-state index contributed by atoms with van der Waals surface area (Å²) in [4.78, 5) is 28.1. The number of nitrogens with one attached hydrogen (secondary N) is 2. The number of methoxy groups -OCH3 is 1. The van der Waals surface area contributed by atoms with Gasteiger partial charge in [0.2, 0.25) is 5.88 Å². The van der Waals surface area contributed by atoms with E-state index in [0.29, 0.717) is 28.7 Å². The Morgan fingerprint density at radius 1 is 0.967 bits per heavy atom. The van der Waals surface area contributed by atoms with Gasteiger partial charge in [-0.1, -0.05) is 35.9 Å². The van der Waals surface area contributed by atoms with Crippen molar-refractivity contribution in [1.82, 2.24) is 10.3 Å². The Kier molecular flexibility index (Phi) is 7.24. The van der Waals surface area contributed by atoms with Gasteiger partial charge in [-0.25, -0.2) is 9.78 Å². The Morgan fingerprint density at radius 2 is 1.67 bits per heavy atom. The van der Waals surface area contributed by atoms with Crippen LogP contribution in [-0.4, -0.2) is 24.1 Å². The first-order valence-electron chi connectivity index (χ1n) is 9.09. The summed E-state index contributed by atoms with van der Waals surface area (Å²) in [7, 11) is 1.51. The van der Waals surface area contributed by atoms with Gasteiger partial charge in [-0.05, 0) is 41.5 Å². The van der Waals surface area contributed by atoms with E-state index in [-0.39, 0.29) is 12.5 Å².